The summed E-state index contributed by atoms with van der Waals surface area (Å²) in [7, 11) is 0. The second kappa shape index (κ2) is 9.14. The molecule has 1 unspecified atom stereocenters. The standard InChI is InChI=1S/C25H28ClFN6/c1-17-15-19(7-8-21(17)27)22-16-23(33-10-4-5-18(33)2)30-25(29-22)32-13-11-31(12-14-32)24-20(26)6-3-9-28-24/h3,6-9,15-16,18H,4-5,10-14H2,1-2H3. The van der Waals surface area contributed by atoms with E-state index in [4.69, 9.17) is 21.6 Å². The van der Waals surface area contributed by atoms with Crippen molar-refractivity contribution >= 4 is 29.2 Å². The maximum atomic E-state index is 13.9. The Morgan fingerprint density at radius 3 is 2.48 bits per heavy atom. The van der Waals surface area contributed by atoms with Crippen LogP contribution >= 0.6 is 11.6 Å². The zero-order valence-electron chi connectivity index (χ0n) is 19.0. The molecule has 0 spiro atoms. The van der Waals surface area contributed by atoms with Gasteiger partial charge in [-0.2, -0.15) is 4.98 Å². The molecule has 0 N–H and O–H groups in total. The summed E-state index contributed by atoms with van der Waals surface area (Å²) in [6, 6.07) is 11.4. The molecule has 0 bridgehead atoms. The molecule has 2 aliphatic heterocycles. The molecule has 0 radical (unpaired) electrons. The van der Waals surface area contributed by atoms with Crippen LogP contribution in [0.2, 0.25) is 5.02 Å². The predicted molar refractivity (Wildman–Crippen MR) is 132 cm³/mol. The van der Waals surface area contributed by atoms with Crippen LogP contribution in [-0.4, -0.2) is 53.7 Å². The summed E-state index contributed by atoms with van der Waals surface area (Å²) in [5.41, 5.74) is 2.35. The lowest BCUT2D eigenvalue weighted by Gasteiger charge is -2.36. The monoisotopic (exact) mass is 466 g/mol. The first-order valence-corrected chi connectivity index (χ1v) is 11.9. The van der Waals surface area contributed by atoms with E-state index in [1.807, 2.05) is 24.3 Å². The van der Waals surface area contributed by atoms with Crippen LogP contribution < -0.4 is 14.7 Å². The number of piperazine rings is 1. The molecule has 8 heteroatoms. The van der Waals surface area contributed by atoms with E-state index in [-0.39, 0.29) is 5.82 Å². The first-order valence-electron chi connectivity index (χ1n) is 11.5. The summed E-state index contributed by atoms with van der Waals surface area (Å²) in [5.74, 6) is 2.28. The first-order chi connectivity index (χ1) is 16.0. The molecule has 2 aromatic heterocycles. The Morgan fingerprint density at radius 1 is 1.00 bits per heavy atom. The number of hydrogen-bond donors (Lipinski definition) is 0. The van der Waals surface area contributed by atoms with E-state index in [2.05, 4.69) is 26.6 Å². The van der Waals surface area contributed by atoms with E-state index in [9.17, 15) is 4.39 Å². The molecule has 0 amide bonds. The maximum absolute atomic E-state index is 13.9. The van der Waals surface area contributed by atoms with Gasteiger partial charge in [0.15, 0.2) is 0 Å². The fraction of sp³-hybridized carbons (Fsp3) is 0.400. The summed E-state index contributed by atoms with van der Waals surface area (Å²) >= 11 is 6.36. The van der Waals surface area contributed by atoms with E-state index in [0.29, 0.717) is 16.6 Å². The minimum atomic E-state index is -0.203. The third-order valence-corrected chi connectivity index (χ3v) is 6.90. The van der Waals surface area contributed by atoms with E-state index in [1.165, 1.54) is 6.07 Å². The van der Waals surface area contributed by atoms with E-state index >= 15 is 0 Å². The molecular weight excluding hydrogens is 439 g/mol. The Morgan fingerprint density at radius 2 is 1.79 bits per heavy atom. The molecule has 6 nitrogen and oxygen atoms in total. The van der Waals surface area contributed by atoms with Gasteiger partial charge in [0.05, 0.1) is 10.7 Å². The van der Waals surface area contributed by atoms with Crippen molar-refractivity contribution in [3.8, 4) is 11.3 Å². The lowest BCUT2D eigenvalue weighted by atomic mass is 10.1. The van der Waals surface area contributed by atoms with Crippen LogP contribution in [0.4, 0.5) is 22.0 Å². The van der Waals surface area contributed by atoms with Crippen LogP contribution in [0, 0.1) is 12.7 Å². The number of nitrogens with zero attached hydrogens (tertiary/aromatic N) is 6. The number of halogens is 2. The number of rotatable bonds is 4. The number of benzene rings is 1. The third kappa shape index (κ3) is 4.47. The highest BCUT2D eigenvalue weighted by molar-refractivity contribution is 6.32. The Bertz CT molecular complexity index is 1150. The minimum Gasteiger partial charge on any atom is -0.354 e. The van der Waals surface area contributed by atoms with Crippen LogP contribution in [0.25, 0.3) is 11.3 Å². The SMILES string of the molecule is Cc1cc(-c2cc(N3CCCC3C)nc(N3CCN(c4ncccc4Cl)CC3)n2)ccc1F. The van der Waals surface area contributed by atoms with Crippen molar-refractivity contribution in [1.29, 1.82) is 0 Å². The molecule has 1 aromatic carbocycles. The summed E-state index contributed by atoms with van der Waals surface area (Å²) in [5, 5.41) is 0.668. The number of aryl methyl sites for hydroxylation is 1. The van der Waals surface area contributed by atoms with Crippen molar-refractivity contribution in [3.05, 3.63) is 59.0 Å². The van der Waals surface area contributed by atoms with Crippen molar-refractivity contribution in [2.24, 2.45) is 0 Å². The Labute approximate surface area is 199 Å². The number of pyridine rings is 1. The van der Waals surface area contributed by atoms with Crippen LogP contribution in [0.15, 0.2) is 42.6 Å². The van der Waals surface area contributed by atoms with Gasteiger partial charge in [-0.25, -0.2) is 14.4 Å². The minimum absolute atomic E-state index is 0.203. The van der Waals surface area contributed by atoms with Gasteiger partial charge >= 0.3 is 0 Å². The fourth-order valence-corrected chi connectivity index (χ4v) is 4.91. The number of anilines is 3. The van der Waals surface area contributed by atoms with Gasteiger partial charge in [0.2, 0.25) is 5.95 Å². The van der Waals surface area contributed by atoms with Crippen LogP contribution in [0.5, 0.6) is 0 Å². The Kier molecular flexibility index (Phi) is 6.06. The van der Waals surface area contributed by atoms with Gasteiger partial charge in [-0.05, 0) is 62.6 Å². The highest BCUT2D eigenvalue weighted by Crippen LogP contribution is 2.31. The number of hydrogen-bond acceptors (Lipinski definition) is 6. The normalized spacial score (nSPS) is 18.8. The largest absolute Gasteiger partial charge is 0.354 e. The second-order valence-electron chi connectivity index (χ2n) is 8.84. The van der Waals surface area contributed by atoms with Crippen LogP contribution in [-0.2, 0) is 0 Å². The lowest BCUT2D eigenvalue weighted by molar-refractivity contribution is 0.618. The van der Waals surface area contributed by atoms with Gasteiger partial charge in [0.25, 0.3) is 0 Å². The molecule has 0 saturated carbocycles. The highest BCUT2D eigenvalue weighted by Gasteiger charge is 2.26. The molecule has 4 heterocycles. The third-order valence-electron chi connectivity index (χ3n) is 6.60. The molecule has 0 aliphatic carbocycles. The summed E-state index contributed by atoms with van der Waals surface area (Å²) < 4.78 is 13.9. The zero-order chi connectivity index (χ0) is 22.9. The van der Waals surface area contributed by atoms with E-state index in [0.717, 1.165) is 74.4 Å². The second-order valence-corrected chi connectivity index (χ2v) is 9.25. The number of aromatic nitrogens is 3. The van der Waals surface area contributed by atoms with Gasteiger partial charge in [0.1, 0.15) is 17.5 Å². The van der Waals surface area contributed by atoms with Gasteiger partial charge in [-0.1, -0.05) is 11.6 Å². The van der Waals surface area contributed by atoms with Gasteiger partial charge in [-0.3, -0.25) is 0 Å². The average Bonchev–Trinajstić information content (AvgIpc) is 3.27. The van der Waals surface area contributed by atoms with E-state index < -0.39 is 0 Å². The van der Waals surface area contributed by atoms with Gasteiger partial charge in [0, 0.05) is 56.6 Å². The molecule has 172 valence electrons. The van der Waals surface area contributed by atoms with Crippen molar-refractivity contribution in [2.75, 3.05) is 47.4 Å². The molecule has 1 atom stereocenters. The molecule has 2 fully saturated rings. The molecular formula is C25H28ClFN6. The smallest absolute Gasteiger partial charge is 0.228 e. The topological polar surface area (TPSA) is 48.4 Å². The maximum Gasteiger partial charge on any atom is 0.228 e. The quantitative estimate of drug-likeness (QED) is 0.542. The molecule has 2 aliphatic rings. The summed E-state index contributed by atoms with van der Waals surface area (Å²) in [6.07, 6.45) is 4.09. The Hall–Kier alpha value is -2.93. The molecule has 33 heavy (non-hydrogen) atoms. The van der Waals surface area contributed by atoms with Crippen molar-refractivity contribution < 1.29 is 4.39 Å². The Balaban J connectivity index is 1.45. The van der Waals surface area contributed by atoms with Crippen molar-refractivity contribution in [1.82, 2.24) is 15.0 Å². The van der Waals surface area contributed by atoms with E-state index in [1.54, 1.807) is 19.2 Å². The lowest BCUT2D eigenvalue weighted by Crippen LogP contribution is -2.47. The van der Waals surface area contributed by atoms with Crippen LogP contribution in [0.3, 0.4) is 0 Å². The summed E-state index contributed by atoms with van der Waals surface area (Å²) in [6.45, 7) is 8.14. The molecule has 5 rings (SSSR count). The molecule has 2 saturated heterocycles. The average molecular weight is 467 g/mol. The molecule has 3 aromatic rings. The highest BCUT2D eigenvalue weighted by atomic mass is 35.5. The zero-order valence-corrected chi connectivity index (χ0v) is 19.8. The van der Waals surface area contributed by atoms with Gasteiger partial charge < -0.3 is 14.7 Å². The van der Waals surface area contributed by atoms with Crippen molar-refractivity contribution in [3.63, 3.8) is 0 Å². The van der Waals surface area contributed by atoms with Crippen LogP contribution in [0.1, 0.15) is 25.3 Å². The first kappa shape index (κ1) is 21.9. The van der Waals surface area contributed by atoms with Gasteiger partial charge in [-0.15, -0.1) is 0 Å². The fourth-order valence-electron chi connectivity index (χ4n) is 4.66. The van der Waals surface area contributed by atoms with Crippen molar-refractivity contribution in [2.45, 2.75) is 32.7 Å². The summed E-state index contributed by atoms with van der Waals surface area (Å²) in [4.78, 5) is 21.1. The predicted octanol–water partition coefficient (Wildman–Crippen LogP) is 4.95.